The number of nitrogens with zero attached hydrogens (tertiary/aromatic N) is 4. The molecule has 9 heteroatoms. The van der Waals surface area contributed by atoms with Crippen LogP contribution in [0.15, 0.2) is 20.7 Å². The van der Waals surface area contributed by atoms with Crippen molar-refractivity contribution >= 4 is 28.7 Å². The summed E-state index contributed by atoms with van der Waals surface area (Å²) in [6, 6.07) is 0. The Morgan fingerprint density at radius 3 is 2.74 bits per heavy atom. The van der Waals surface area contributed by atoms with Crippen LogP contribution in [0.5, 0.6) is 0 Å². The molecule has 8 nitrogen and oxygen atoms in total. The topological polar surface area (TPSA) is 85.2 Å². The van der Waals surface area contributed by atoms with Crippen LogP contribution in [0.3, 0.4) is 0 Å². The van der Waals surface area contributed by atoms with Gasteiger partial charge >= 0.3 is 5.69 Å². The lowest BCUT2D eigenvalue weighted by atomic mass is 10.4. The summed E-state index contributed by atoms with van der Waals surface area (Å²) in [6.07, 6.45) is 1.80. The quantitative estimate of drug-likeness (QED) is 0.875. The number of anilines is 1. The number of hydrogen-bond acceptors (Lipinski definition) is 5. The van der Waals surface area contributed by atoms with Crippen molar-refractivity contribution in [2.24, 2.45) is 7.05 Å². The molecule has 0 radical (unpaired) electrons. The maximum Gasteiger partial charge on any atom is 0.329 e. The Morgan fingerprint density at radius 1 is 1.39 bits per heavy atom. The number of ether oxygens (including phenoxy) is 1. The first-order chi connectivity index (χ1) is 11.0. The second kappa shape index (κ2) is 6.21. The summed E-state index contributed by atoms with van der Waals surface area (Å²) in [5.74, 6) is 0.643. The van der Waals surface area contributed by atoms with E-state index in [1.165, 1.54) is 4.57 Å². The van der Waals surface area contributed by atoms with Gasteiger partial charge in [0.2, 0.25) is 5.95 Å². The molecule has 0 bridgehead atoms. The molecule has 1 aliphatic heterocycles. The van der Waals surface area contributed by atoms with Crippen LogP contribution in [0.4, 0.5) is 5.95 Å². The second-order valence-corrected chi connectivity index (χ2v) is 6.00. The Labute approximate surface area is 136 Å². The third kappa shape index (κ3) is 2.91. The van der Waals surface area contributed by atoms with Crippen molar-refractivity contribution in [2.75, 3.05) is 31.2 Å². The van der Waals surface area contributed by atoms with E-state index in [1.807, 2.05) is 4.90 Å². The highest BCUT2D eigenvalue weighted by atomic mass is 35.5. The Kier molecular flexibility index (Phi) is 4.27. The van der Waals surface area contributed by atoms with Crippen LogP contribution >= 0.6 is 11.6 Å². The second-order valence-electron chi connectivity index (χ2n) is 5.40. The van der Waals surface area contributed by atoms with Crippen LogP contribution in [0, 0.1) is 0 Å². The summed E-state index contributed by atoms with van der Waals surface area (Å²) in [5.41, 5.74) is -0.205. The number of allylic oxidation sites excluding steroid dienone is 2. The number of halogens is 1. The Hall–Kier alpha value is -2.06. The van der Waals surface area contributed by atoms with E-state index in [0.717, 1.165) is 0 Å². The van der Waals surface area contributed by atoms with Gasteiger partial charge in [0, 0.05) is 31.7 Å². The van der Waals surface area contributed by atoms with Gasteiger partial charge in [-0.2, -0.15) is 4.98 Å². The molecule has 3 rings (SSSR count). The molecule has 0 aliphatic carbocycles. The first kappa shape index (κ1) is 15.8. The first-order valence-corrected chi connectivity index (χ1v) is 7.71. The van der Waals surface area contributed by atoms with Gasteiger partial charge in [0.15, 0.2) is 11.2 Å². The minimum Gasteiger partial charge on any atom is -0.378 e. The van der Waals surface area contributed by atoms with Crippen molar-refractivity contribution in [1.29, 1.82) is 0 Å². The lowest BCUT2D eigenvalue weighted by Gasteiger charge is -2.28. The molecule has 1 fully saturated rings. The molecular weight excluding hydrogens is 322 g/mol. The summed E-state index contributed by atoms with van der Waals surface area (Å²) in [6.45, 7) is 4.73. The van der Waals surface area contributed by atoms with Gasteiger partial charge in [-0.15, -0.1) is 0 Å². The monoisotopic (exact) mass is 339 g/mol. The van der Waals surface area contributed by atoms with E-state index in [2.05, 4.69) is 9.97 Å². The number of morpholine rings is 1. The van der Waals surface area contributed by atoms with Crippen molar-refractivity contribution < 1.29 is 4.74 Å². The van der Waals surface area contributed by atoms with Gasteiger partial charge in [-0.25, -0.2) is 4.79 Å². The lowest BCUT2D eigenvalue weighted by molar-refractivity contribution is 0.121. The van der Waals surface area contributed by atoms with Crippen LogP contribution in [-0.2, 0) is 18.3 Å². The first-order valence-electron chi connectivity index (χ1n) is 7.33. The van der Waals surface area contributed by atoms with Crippen molar-refractivity contribution in [1.82, 2.24) is 19.1 Å². The molecule has 124 valence electrons. The SMILES string of the molecule is C/C(Cl)=C\Cn1c(N2CCOCC2)nc2c1c(=O)[nH]c(=O)n2C. The van der Waals surface area contributed by atoms with E-state index < -0.39 is 11.2 Å². The molecule has 3 heterocycles. The molecular formula is C14H18ClN5O3. The zero-order chi connectivity index (χ0) is 16.6. The Morgan fingerprint density at radius 2 is 2.09 bits per heavy atom. The Bertz CT molecular complexity index is 869. The van der Waals surface area contributed by atoms with Crippen LogP contribution in [0.1, 0.15) is 6.92 Å². The van der Waals surface area contributed by atoms with Gasteiger partial charge in [0.25, 0.3) is 5.56 Å². The molecule has 23 heavy (non-hydrogen) atoms. The van der Waals surface area contributed by atoms with Gasteiger partial charge in [-0.05, 0) is 6.92 Å². The number of imidazole rings is 1. The standard InChI is InChI=1S/C14H18ClN5O3/c1-9(15)3-4-20-10-11(18(2)14(22)17-12(10)21)16-13(20)19-5-7-23-8-6-19/h3H,4-8H2,1-2H3,(H,17,21,22)/b9-3+. The van der Waals surface area contributed by atoms with E-state index in [0.29, 0.717) is 55.0 Å². The zero-order valence-corrected chi connectivity index (χ0v) is 13.8. The van der Waals surface area contributed by atoms with Crippen molar-refractivity contribution in [3.63, 3.8) is 0 Å². The van der Waals surface area contributed by atoms with E-state index in [4.69, 9.17) is 16.3 Å². The average molecular weight is 340 g/mol. The largest absolute Gasteiger partial charge is 0.378 e. The highest BCUT2D eigenvalue weighted by molar-refractivity contribution is 6.29. The molecule has 0 amide bonds. The number of rotatable bonds is 3. The highest BCUT2D eigenvalue weighted by Gasteiger charge is 2.22. The van der Waals surface area contributed by atoms with Crippen molar-refractivity contribution in [3.05, 3.63) is 31.9 Å². The number of hydrogen-bond donors (Lipinski definition) is 1. The highest BCUT2D eigenvalue weighted by Crippen LogP contribution is 2.21. The normalized spacial score (nSPS) is 16.3. The van der Waals surface area contributed by atoms with Gasteiger partial charge in [0.1, 0.15) is 0 Å². The van der Waals surface area contributed by atoms with E-state index in [-0.39, 0.29) is 0 Å². The molecule has 0 atom stereocenters. The maximum absolute atomic E-state index is 12.3. The molecule has 2 aromatic rings. The van der Waals surface area contributed by atoms with Crippen molar-refractivity contribution in [2.45, 2.75) is 13.5 Å². The third-order valence-corrected chi connectivity index (χ3v) is 3.99. The summed E-state index contributed by atoms with van der Waals surface area (Å²) in [5, 5.41) is 0.626. The molecule has 1 N–H and O–H groups in total. The number of aryl methyl sites for hydroxylation is 1. The predicted molar refractivity (Wildman–Crippen MR) is 88.2 cm³/mol. The molecule has 0 spiro atoms. The summed E-state index contributed by atoms with van der Waals surface area (Å²) >= 11 is 5.93. The van der Waals surface area contributed by atoms with Crippen LogP contribution < -0.4 is 16.1 Å². The zero-order valence-electron chi connectivity index (χ0n) is 13.0. The molecule has 0 saturated carbocycles. The molecule has 1 aliphatic rings. The summed E-state index contributed by atoms with van der Waals surface area (Å²) < 4.78 is 8.49. The van der Waals surface area contributed by atoms with Gasteiger partial charge in [-0.1, -0.05) is 17.7 Å². The fraction of sp³-hybridized carbons (Fsp3) is 0.500. The fourth-order valence-corrected chi connectivity index (χ4v) is 2.69. The number of aromatic nitrogens is 4. The summed E-state index contributed by atoms with van der Waals surface area (Å²) in [4.78, 5) is 33.0. The number of fused-ring (bicyclic) bond motifs is 1. The maximum atomic E-state index is 12.3. The minimum atomic E-state index is -0.482. The van der Waals surface area contributed by atoms with Crippen molar-refractivity contribution in [3.8, 4) is 0 Å². The predicted octanol–water partition coefficient (Wildman–Crippen LogP) is 0.402. The lowest BCUT2D eigenvalue weighted by Crippen LogP contribution is -2.38. The average Bonchev–Trinajstić information content (AvgIpc) is 2.91. The van der Waals surface area contributed by atoms with Crippen LogP contribution in [-0.4, -0.2) is 45.4 Å². The van der Waals surface area contributed by atoms with Crippen LogP contribution in [0.25, 0.3) is 11.2 Å². The number of nitrogens with one attached hydrogen (secondary N) is 1. The van der Waals surface area contributed by atoms with Gasteiger partial charge in [0.05, 0.1) is 13.2 Å². The van der Waals surface area contributed by atoms with E-state index >= 15 is 0 Å². The smallest absolute Gasteiger partial charge is 0.329 e. The molecule has 0 aromatic carbocycles. The fourth-order valence-electron chi connectivity index (χ4n) is 2.62. The van der Waals surface area contributed by atoms with E-state index in [9.17, 15) is 9.59 Å². The molecule has 0 unspecified atom stereocenters. The number of aromatic amines is 1. The molecule has 1 saturated heterocycles. The summed E-state index contributed by atoms with van der Waals surface area (Å²) in [7, 11) is 1.59. The number of H-pyrrole nitrogens is 1. The van der Waals surface area contributed by atoms with Gasteiger partial charge in [-0.3, -0.25) is 14.3 Å². The minimum absolute atomic E-state index is 0.362. The molecule has 2 aromatic heterocycles. The third-order valence-electron chi connectivity index (χ3n) is 3.84. The van der Waals surface area contributed by atoms with E-state index in [1.54, 1.807) is 24.6 Å². The van der Waals surface area contributed by atoms with Gasteiger partial charge < -0.3 is 14.2 Å². The Balaban J connectivity index is 2.24. The van der Waals surface area contributed by atoms with Crippen LogP contribution in [0.2, 0.25) is 0 Å².